The Hall–Kier alpha value is -1.76. The van der Waals surface area contributed by atoms with Gasteiger partial charge in [0.25, 0.3) is 11.5 Å². The number of benzene rings is 2. The third-order valence-electron chi connectivity index (χ3n) is 1.77. The summed E-state index contributed by atoms with van der Waals surface area (Å²) in [7, 11) is 0. The molecule has 78 valence electrons. The average molecular weight is 201 g/mol. The van der Waals surface area contributed by atoms with E-state index in [9.17, 15) is 0 Å². The summed E-state index contributed by atoms with van der Waals surface area (Å²) >= 11 is 0. The molecule has 15 heavy (non-hydrogen) atoms. The molecule has 0 spiro atoms. The Balaban J connectivity index is 0.000000531. The smallest absolute Gasteiger partial charge is 0.260 e. The van der Waals surface area contributed by atoms with Gasteiger partial charge in [-0.1, -0.05) is 50.2 Å². The van der Waals surface area contributed by atoms with Crippen molar-refractivity contribution in [3.63, 3.8) is 0 Å². The maximum absolute atomic E-state index is 4.44. The fourth-order valence-corrected chi connectivity index (χ4v) is 1.15. The SMILES string of the molecule is CC.c1ccc([OH+]c2ccccc2)cc1. The second kappa shape index (κ2) is 6.66. The summed E-state index contributed by atoms with van der Waals surface area (Å²) in [6.45, 7) is 4.00. The lowest BCUT2D eigenvalue weighted by Gasteiger charge is -2.00. The number of hydrogen-bond donors (Lipinski definition) is 0. The third-order valence-corrected chi connectivity index (χ3v) is 1.77. The van der Waals surface area contributed by atoms with Gasteiger partial charge in [-0.2, -0.15) is 0 Å². The topological polar surface area (TPSA) is 12.8 Å². The van der Waals surface area contributed by atoms with Crippen LogP contribution in [0, 0.1) is 0 Å². The summed E-state index contributed by atoms with van der Waals surface area (Å²) in [5, 5.41) is 0. The quantitative estimate of drug-likeness (QED) is 0.640. The second-order valence-corrected chi connectivity index (χ2v) is 2.78. The van der Waals surface area contributed by atoms with E-state index in [-0.39, 0.29) is 0 Å². The van der Waals surface area contributed by atoms with E-state index in [1.807, 2.05) is 74.5 Å². The van der Waals surface area contributed by atoms with Gasteiger partial charge in [0.1, 0.15) is 0 Å². The van der Waals surface area contributed by atoms with Gasteiger partial charge in [-0.25, -0.2) is 0 Å². The standard InChI is InChI=1S/C12H10O.C2H6/c1-3-7-11(8-4-1)13-12-9-5-2-6-10-12;1-2/h1-10H;1-2H3/p+1. The summed E-state index contributed by atoms with van der Waals surface area (Å²) in [6, 6.07) is 19.9. The molecule has 0 aliphatic carbocycles. The maximum atomic E-state index is 4.44. The van der Waals surface area contributed by atoms with Crippen molar-refractivity contribution in [2.45, 2.75) is 13.8 Å². The zero-order chi connectivity index (χ0) is 10.9. The molecule has 0 aliphatic rings. The average Bonchev–Trinajstić information content (AvgIpc) is 2.34. The van der Waals surface area contributed by atoms with Crippen LogP contribution >= 0.6 is 0 Å². The minimum absolute atomic E-state index is 0.994. The van der Waals surface area contributed by atoms with E-state index in [0.29, 0.717) is 0 Å². The fraction of sp³-hybridized carbons (Fsp3) is 0.143. The number of rotatable bonds is 2. The summed E-state index contributed by atoms with van der Waals surface area (Å²) in [4.78, 5) is 0. The molecule has 0 aliphatic heterocycles. The van der Waals surface area contributed by atoms with E-state index in [1.54, 1.807) is 0 Å². The Morgan fingerprint density at radius 1 is 0.600 bits per heavy atom. The first-order valence-corrected chi connectivity index (χ1v) is 5.27. The first-order valence-electron chi connectivity index (χ1n) is 5.27. The first kappa shape index (κ1) is 11.3. The van der Waals surface area contributed by atoms with Gasteiger partial charge in [0.2, 0.25) is 0 Å². The minimum atomic E-state index is 0.994. The highest BCUT2D eigenvalue weighted by Crippen LogP contribution is 2.21. The zero-order valence-corrected chi connectivity index (χ0v) is 9.22. The normalized spacial score (nSPS) is 8.67. The van der Waals surface area contributed by atoms with Gasteiger partial charge in [-0.3, -0.25) is 0 Å². The predicted octanol–water partition coefficient (Wildman–Crippen LogP) is 4.37. The van der Waals surface area contributed by atoms with Gasteiger partial charge in [0.05, 0.1) is 0 Å². The Labute approximate surface area is 91.3 Å². The second-order valence-electron chi connectivity index (χ2n) is 2.78. The third kappa shape index (κ3) is 3.86. The Bertz CT molecular complexity index is 316. The molecule has 1 nitrogen and oxygen atoms in total. The molecule has 1 N–H and O–H groups in total. The molecule has 0 amide bonds. The van der Waals surface area contributed by atoms with Crippen LogP contribution in [0.15, 0.2) is 60.7 Å². The van der Waals surface area contributed by atoms with Crippen molar-refractivity contribution in [3.8, 4) is 11.5 Å². The molecule has 0 radical (unpaired) electrons. The van der Waals surface area contributed by atoms with Gasteiger partial charge in [0, 0.05) is 24.3 Å². The van der Waals surface area contributed by atoms with Crippen LogP contribution in [0.4, 0.5) is 0 Å². The van der Waals surface area contributed by atoms with Gasteiger partial charge in [0.15, 0.2) is 0 Å². The number of ether oxygens (including phenoxy) is 1. The number of para-hydroxylation sites is 2. The molecule has 2 aromatic carbocycles. The lowest BCUT2D eigenvalue weighted by atomic mass is 10.3. The van der Waals surface area contributed by atoms with E-state index in [0.717, 1.165) is 11.5 Å². The molecule has 0 atom stereocenters. The van der Waals surface area contributed by atoms with Crippen molar-refractivity contribution < 1.29 is 4.74 Å². The largest absolute Gasteiger partial charge is 0.546 e. The molecular formula is C14H17O+. The molecule has 0 saturated carbocycles. The van der Waals surface area contributed by atoms with Crippen molar-refractivity contribution in [1.29, 1.82) is 0 Å². The van der Waals surface area contributed by atoms with Crippen molar-refractivity contribution >= 4 is 0 Å². The monoisotopic (exact) mass is 201 g/mol. The van der Waals surface area contributed by atoms with Crippen molar-refractivity contribution in [1.82, 2.24) is 0 Å². The minimum Gasteiger partial charge on any atom is -0.546 e. The molecule has 0 unspecified atom stereocenters. The molecular weight excluding hydrogens is 184 g/mol. The fourth-order valence-electron chi connectivity index (χ4n) is 1.15. The van der Waals surface area contributed by atoms with Crippen molar-refractivity contribution in [3.05, 3.63) is 60.7 Å². The molecule has 0 saturated heterocycles. The molecule has 2 aromatic rings. The van der Waals surface area contributed by atoms with Crippen LogP contribution in [0.2, 0.25) is 0 Å². The van der Waals surface area contributed by atoms with Crippen LogP contribution in [0.5, 0.6) is 11.5 Å². The molecule has 0 bridgehead atoms. The summed E-state index contributed by atoms with van der Waals surface area (Å²) in [6.07, 6.45) is 0. The summed E-state index contributed by atoms with van der Waals surface area (Å²) < 4.78 is 4.44. The van der Waals surface area contributed by atoms with Gasteiger partial charge in [-0.15, -0.1) is 0 Å². The maximum Gasteiger partial charge on any atom is 0.260 e. The Morgan fingerprint density at radius 2 is 0.933 bits per heavy atom. The van der Waals surface area contributed by atoms with E-state index < -0.39 is 0 Å². The van der Waals surface area contributed by atoms with Crippen LogP contribution in [-0.2, 0) is 0 Å². The highest BCUT2D eigenvalue weighted by Gasteiger charge is 1.98. The molecule has 0 aromatic heterocycles. The van der Waals surface area contributed by atoms with E-state index in [1.165, 1.54) is 0 Å². The summed E-state index contributed by atoms with van der Waals surface area (Å²) in [5.41, 5.74) is 0. The lowest BCUT2D eigenvalue weighted by molar-refractivity contribution is 0.199. The highest BCUT2D eigenvalue weighted by atomic mass is 16.5. The predicted molar refractivity (Wildman–Crippen MR) is 65.3 cm³/mol. The van der Waals surface area contributed by atoms with Crippen LogP contribution < -0.4 is 0 Å². The number of hydrogen-bond acceptors (Lipinski definition) is 0. The van der Waals surface area contributed by atoms with Gasteiger partial charge >= 0.3 is 0 Å². The van der Waals surface area contributed by atoms with Crippen molar-refractivity contribution in [2.24, 2.45) is 0 Å². The lowest BCUT2D eigenvalue weighted by Crippen LogP contribution is -1.77. The molecule has 1 heteroatoms. The van der Waals surface area contributed by atoms with Crippen LogP contribution in [-0.4, -0.2) is 4.74 Å². The van der Waals surface area contributed by atoms with Crippen LogP contribution in [0.1, 0.15) is 13.8 Å². The van der Waals surface area contributed by atoms with Crippen LogP contribution in [0.25, 0.3) is 0 Å². The van der Waals surface area contributed by atoms with E-state index >= 15 is 0 Å². The van der Waals surface area contributed by atoms with Gasteiger partial charge < -0.3 is 4.74 Å². The van der Waals surface area contributed by atoms with E-state index in [2.05, 4.69) is 4.74 Å². The van der Waals surface area contributed by atoms with Crippen molar-refractivity contribution in [2.75, 3.05) is 0 Å². The zero-order valence-electron chi connectivity index (χ0n) is 9.22. The van der Waals surface area contributed by atoms with Gasteiger partial charge in [-0.05, 0) is 0 Å². The molecule has 2 rings (SSSR count). The van der Waals surface area contributed by atoms with Crippen LogP contribution in [0.3, 0.4) is 0 Å². The first-order chi connectivity index (χ1) is 7.45. The number of aromatic hydroxyl groups is 2. The molecule has 0 heterocycles. The summed E-state index contributed by atoms with van der Waals surface area (Å²) in [5.74, 6) is 1.99. The highest BCUT2D eigenvalue weighted by molar-refractivity contribution is 5.28. The Morgan fingerprint density at radius 3 is 1.27 bits per heavy atom. The van der Waals surface area contributed by atoms with E-state index in [4.69, 9.17) is 0 Å². The molecule has 0 fully saturated rings. The Kier molecular flexibility index (Phi) is 5.02.